The SMILES string of the molecule is CC(C)c1cc(O)cn1-c1ccccc1. The van der Waals surface area contributed by atoms with Gasteiger partial charge in [-0.15, -0.1) is 0 Å². The second kappa shape index (κ2) is 3.81. The summed E-state index contributed by atoms with van der Waals surface area (Å²) in [5, 5.41) is 9.52. The quantitative estimate of drug-likeness (QED) is 0.792. The Kier molecular flexibility index (Phi) is 2.50. The van der Waals surface area contributed by atoms with Crippen LogP contribution < -0.4 is 0 Å². The first-order chi connectivity index (χ1) is 7.18. The van der Waals surface area contributed by atoms with Crippen LogP contribution in [0, 0.1) is 0 Å². The lowest BCUT2D eigenvalue weighted by atomic mass is 10.1. The minimum absolute atomic E-state index is 0.322. The molecule has 2 heteroatoms. The number of hydrogen-bond acceptors (Lipinski definition) is 1. The molecule has 0 aliphatic carbocycles. The first-order valence-corrected chi connectivity index (χ1v) is 5.15. The van der Waals surface area contributed by atoms with Crippen molar-refractivity contribution in [2.75, 3.05) is 0 Å². The van der Waals surface area contributed by atoms with Gasteiger partial charge in [-0.2, -0.15) is 0 Å². The van der Waals surface area contributed by atoms with Crippen molar-refractivity contribution in [3.05, 3.63) is 48.3 Å². The van der Waals surface area contributed by atoms with Crippen molar-refractivity contribution in [2.45, 2.75) is 19.8 Å². The van der Waals surface area contributed by atoms with Crippen molar-refractivity contribution in [1.29, 1.82) is 0 Å². The van der Waals surface area contributed by atoms with Gasteiger partial charge in [0.25, 0.3) is 0 Å². The van der Waals surface area contributed by atoms with Crippen LogP contribution in [0.4, 0.5) is 0 Å². The topological polar surface area (TPSA) is 25.2 Å². The zero-order valence-electron chi connectivity index (χ0n) is 9.01. The van der Waals surface area contributed by atoms with Gasteiger partial charge in [0.05, 0.1) is 6.20 Å². The molecule has 1 aromatic carbocycles. The van der Waals surface area contributed by atoms with E-state index in [4.69, 9.17) is 0 Å². The molecule has 0 saturated heterocycles. The third kappa shape index (κ3) is 1.89. The Balaban J connectivity index is 2.53. The van der Waals surface area contributed by atoms with E-state index in [0.717, 1.165) is 11.4 Å². The molecule has 2 nitrogen and oxygen atoms in total. The van der Waals surface area contributed by atoms with Crippen molar-refractivity contribution in [2.24, 2.45) is 0 Å². The van der Waals surface area contributed by atoms with Crippen molar-refractivity contribution in [1.82, 2.24) is 4.57 Å². The molecule has 2 aromatic rings. The maximum Gasteiger partial charge on any atom is 0.133 e. The Bertz CT molecular complexity index is 443. The minimum Gasteiger partial charge on any atom is -0.506 e. The molecule has 15 heavy (non-hydrogen) atoms. The van der Waals surface area contributed by atoms with E-state index in [9.17, 15) is 5.11 Å². The summed E-state index contributed by atoms with van der Waals surface area (Å²) >= 11 is 0. The van der Waals surface area contributed by atoms with Crippen LogP contribution in [0.3, 0.4) is 0 Å². The molecule has 0 aliphatic rings. The zero-order chi connectivity index (χ0) is 10.8. The van der Waals surface area contributed by atoms with Crippen LogP contribution >= 0.6 is 0 Å². The number of rotatable bonds is 2. The van der Waals surface area contributed by atoms with Crippen molar-refractivity contribution < 1.29 is 5.11 Å². The van der Waals surface area contributed by atoms with Crippen LogP contribution in [0.15, 0.2) is 42.6 Å². The van der Waals surface area contributed by atoms with E-state index in [0.29, 0.717) is 11.7 Å². The molecule has 0 aliphatic heterocycles. The Hall–Kier alpha value is -1.70. The molecule has 0 saturated carbocycles. The van der Waals surface area contributed by atoms with Crippen LogP contribution in [0.25, 0.3) is 5.69 Å². The van der Waals surface area contributed by atoms with Gasteiger partial charge in [0.1, 0.15) is 5.75 Å². The fourth-order valence-corrected chi connectivity index (χ4v) is 1.72. The highest BCUT2D eigenvalue weighted by Gasteiger charge is 2.09. The molecule has 1 N–H and O–H groups in total. The van der Waals surface area contributed by atoms with E-state index in [1.54, 1.807) is 6.20 Å². The summed E-state index contributed by atoms with van der Waals surface area (Å²) in [6.07, 6.45) is 1.75. The summed E-state index contributed by atoms with van der Waals surface area (Å²) in [5.74, 6) is 0.716. The summed E-state index contributed by atoms with van der Waals surface area (Å²) in [5.41, 5.74) is 2.21. The maximum atomic E-state index is 9.52. The number of para-hydroxylation sites is 1. The maximum absolute atomic E-state index is 9.52. The second-order valence-corrected chi connectivity index (χ2v) is 3.98. The van der Waals surface area contributed by atoms with Gasteiger partial charge < -0.3 is 9.67 Å². The molecule has 0 atom stereocenters. The lowest BCUT2D eigenvalue weighted by Crippen LogP contribution is -1.99. The molecule has 0 bridgehead atoms. The van der Waals surface area contributed by atoms with Crippen LogP contribution in [0.5, 0.6) is 5.75 Å². The molecule has 0 spiro atoms. The summed E-state index contributed by atoms with van der Waals surface area (Å²) in [6, 6.07) is 11.9. The van der Waals surface area contributed by atoms with Crippen LogP contribution in [-0.2, 0) is 0 Å². The lowest BCUT2D eigenvalue weighted by molar-refractivity contribution is 0.475. The Morgan fingerprint density at radius 2 is 1.80 bits per heavy atom. The smallest absolute Gasteiger partial charge is 0.133 e. The highest BCUT2D eigenvalue weighted by molar-refractivity contribution is 5.39. The standard InChI is InChI=1S/C13H15NO/c1-10(2)13-8-12(15)9-14(13)11-6-4-3-5-7-11/h3-10,15H,1-2H3. The Labute approximate surface area is 89.8 Å². The summed E-state index contributed by atoms with van der Waals surface area (Å²) < 4.78 is 2.03. The number of benzene rings is 1. The number of nitrogens with zero attached hydrogens (tertiary/aromatic N) is 1. The molecule has 0 amide bonds. The molecule has 2 rings (SSSR count). The zero-order valence-corrected chi connectivity index (χ0v) is 9.01. The normalized spacial score (nSPS) is 10.9. The highest BCUT2D eigenvalue weighted by Crippen LogP contribution is 2.25. The first kappa shape index (κ1) is 9.84. The Morgan fingerprint density at radius 1 is 1.13 bits per heavy atom. The van der Waals surface area contributed by atoms with E-state index in [2.05, 4.69) is 13.8 Å². The number of aromatic nitrogens is 1. The highest BCUT2D eigenvalue weighted by atomic mass is 16.3. The molecule has 0 radical (unpaired) electrons. The number of hydrogen-bond donors (Lipinski definition) is 1. The van der Waals surface area contributed by atoms with E-state index in [1.165, 1.54) is 0 Å². The second-order valence-electron chi connectivity index (χ2n) is 3.98. The predicted molar refractivity (Wildman–Crippen MR) is 61.5 cm³/mol. The van der Waals surface area contributed by atoms with E-state index < -0.39 is 0 Å². The molecular formula is C13H15NO. The molecule has 0 unspecified atom stereocenters. The molecule has 0 fully saturated rings. The van der Waals surface area contributed by atoms with Gasteiger partial charge in [0.15, 0.2) is 0 Å². The predicted octanol–water partition coefficient (Wildman–Crippen LogP) is 3.31. The summed E-state index contributed by atoms with van der Waals surface area (Å²) in [6.45, 7) is 4.24. The van der Waals surface area contributed by atoms with Gasteiger partial charge in [0.2, 0.25) is 0 Å². The lowest BCUT2D eigenvalue weighted by Gasteiger charge is -2.10. The average molecular weight is 201 g/mol. The minimum atomic E-state index is 0.322. The van der Waals surface area contributed by atoms with Crippen molar-refractivity contribution >= 4 is 0 Å². The average Bonchev–Trinajstić information content (AvgIpc) is 2.62. The van der Waals surface area contributed by atoms with Crippen LogP contribution in [-0.4, -0.2) is 9.67 Å². The van der Waals surface area contributed by atoms with E-state index >= 15 is 0 Å². The fourth-order valence-electron chi connectivity index (χ4n) is 1.72. The molecular weight excluding hydrogens is 186 g/mol. The fraction of sp³-hybridized carbons (Fsp3) is 0.231. The molecule has 1 heterocycles. The first-order valence-electron chi connectivity index (χ1n) is 5.15. The van der Waals surface area contributed by atoms with Gasteiger partial charge in [0, 0.05) is 17.4 Å². The third-order valence-electron chi connectivity index (χ3n) is 2.46. The number of aromatic hydroxyl groups is 1. The van der Waals surface area contributed by atoms with Gasteiger partial charge in [-0.25, -0.2) is 0 Å². The molecule has 78 valence electrons. The van der Waals surface area contributed by atoms with E-state index in [1.807, 2.05) is 41.0 Å². The van der Waals surface area contributed by atoms with Gasteiger partial charge in [-0.1, -0.05) is 32.0 Å². The van der Waals surface area contributed by atoms with Gasteiger partial charge in [-0.3, -0.25) is 0 Å². The van der Waals surface area contributed by atoms with Crippen molar-refractivity contribution in [3.63, 3.8) is 0 Å². The summed E-state index contributed by atoms with van der Waals surface area (Å²) in [7, 11) is 0. The van der Waals surface area contributed by atoms with Gasteiger partial charge >= 0.3 is 0 Å². The Morgan fingerprint density at radius 3 is 2.40 bits per heavy atom. The van der Waals surface area contributed by atoms with Crippen molar-refractivity contribution in [3.8, 4) is 11.4 Å². The third-order valence-corrected chi connectivity index (χ3v) is 2.46. The molecule has 1 aromatic heterocycles. The van der Waals surface area contributed by atoms with Crippen LogP contribution in [0.2, 0.25) is 0 Å². The van der Waals surface area contributed by atoms with Crippen LogP contribution in [0.1, 0.15) is 25.5 Å². The van der Waals surface area contributed by atoms with Gasteiger partial charge in [-0.05, 0) is 18.1 Å². The largest absolute Gasteiger partial charge is 0.506 e. The summed E-state index contributed by atoms with van der Waals surface area (Å²) in [4.78, 5) is 0. The monoisotopic (exact) mass is 201 g/mol. The van der Waals surface area contributed by atoms with E-state index in [-0.39, 0.29) is 0 Å².